The van der Waals surface area contributed by atoms with Crippen LogP contribution in [0.3, 0.4) is 0 Å². The topological polar surface area (TPSA) is 78.5 Å². The molecule has 0 radical (unpaired) electrons. The maximum absolute atomic E-state index is 13.6. The van der Waals surface area contributed by atoms with E-state index in [-0.39, 0.29) is 12.6 Å². The van der Waals surface area contributed by atoms with Gasteiger partial charge in [0, 0.05) is 4.88 Å². The summed E-state index contributed by atoms with van der Waals surface area (Å²) in [6.07, 6.45) is 0. The Labute approximate surface area is 178 Å². The van der Waals surface area contributed by atoms with Gasteiger partial charge in [-0.2, -0.15) is 0 Å². The molecule has 2 aromatic carbocycles. The fourth-order valence-corrected chi connectivity index (χ4v) is 4.43. The lowest BCUT2D eigenvalue weighted by Gasteiger charge is -2.28. The summed E-state index contributed by atoms with van der Waals surface area (Å²) < 4.78 is 0. The van der Waals surface area contributed by atoms with E-state index < -0.39 is 23.4 Å². The Morgan fingerprint density at radius 3 is 2.13 bits per heavy atom. The maximum atomic E-state index is 13.6. The normalized spacial score (nSPS) is 16.2. The molecule has 152 valence electrons. The van der Waals surface area contributed by atoms with Crippen molar-refractivity contribution in [2.75, 3.05) is 6.54 Å². The molecule has 4 amide bonds. The molecule has 2 heterocycles. The average molecular weight is 420 g/mol. The van der Waals surface area contributed by atoms with Crippen LogP contribution in [0.4, 0.5) is 4.79 Å². The number of benzene rings is 2. The second-order valence-corrected chi connectivity index (χ2v) is 8.09. The first-order valence-electron chi connectivity index (χ1n) is 9.60. The van der Waals surface area contributed by atoms with E-state index in [1.54, 1.807) is 24.3 Å². The first-order valence-corrected chi connectivity index (χ1v) is 10.5. The third kappa shape index (κ3) is 3.48. The number of nitrogens with one attached hydrogen (secondary N) is 2. The Kier molecular flexibility index (Phi) is 5.37. The van der Waals surface area contributed by atoms with Gasteiger partial charge in [-0.15, -0.1) is 11.3 Å². The second-order valence-electron chi connectivity index (χ2n) is 7.11. The summed E-state index contributed by atoms with van der Waals surface area (Å²) in [4.78, 5) is 41.0. The monoisotopic (exact) mass is 419 g/mol. The molecule has 1 atom stereocenters. The molecule has 1 aliphatic rings. The standard InChI is InChI=1S/C23H21N3O3S/c1-16(19-13-8-14-30-19)24-20(27)15-26-21(28)23(25-22(26)29,17-9-4-2-5-10-17)18-11-6-3-7-12-18/h2-14,16H,15H2,1H3,(H,24,27)(H,25,29)/t16-/m0/s1. The number of hydrogen-bond donors (Lipinski definition) is 2. The zero-order valence-electron chi connectivity index (χ0n) is 16.4. The van der Waals surface area contributed by atoms with E-state index in [1.807, 2.05) is 60.8 Å². The van der Waals surface area contributed by atoms with Gasteiger partial charge in [0.2, 0.25) is 5.91 Å². The van der Waals surface area contributed by atoms with Crippen LogP contribution in [-0.4, -0.2) is 29.3 Å². The lowest BCUT2D eigenvalue weighted by Crippen LogP contribution is -2.46. The van der Waals surface area contributed by atoms with Crippen molar-refractivity contribution < 1.29 is 14.4 Å². The van der Waals surface area contributed by atoms with Crippen molar-refractivity contribution in [3.8, 4) is 0 Å². The van der Waals surface area contributed by atoms with Crippen molar-refractivity contribution in [2.45, 2.75) is 18.5 Å². The lowest BCUT2D eigenvalue weighted by molar-refractivity contribution is -0.134. The van der Waals surface area contributed by atoms with Crippen LogP contribution in [0.1, 0.15) is 29.0 Å². The average Bonchev–Trinajstić information content (AvgIpc) is 3.39. The molecule has 30 heavy (non-hydrogen) atoms. The van der Waals surface area contributed by atoms with Crippen LogP contribution in [0.15, 0.2) is 78.2 Å². The summed E-state index contributed by atoms with van der Waals surface area (Å²) in [5.41, 5.74) is -0.0759. The van der Waals surface area contributed by atoms with Crippen LogP contribution in [-0.2, 0) is 15.1 Å². The molecule has 4 rings (SSSR count). The highest BCUT2D eigenvalue weighted by molar-refractivity contribution is 7.10. The highest BCUT2D eigenvalue weighted by Gasteiger charge is 2.54. The SMILES string of the molecule is C[C@H](NC(=O)CN1C(=O)NC(c2ccccc2)(c2ccccc2)C1=O)c1cccs1. The molecule has 7 heteroatoms. The predicted molar refractivity (Wildman–Crippen MR) is 115 cm³/mol. The van der Waals surface area contributed by atoms with Crippen molar-refractivity contribution in [3.05, 3.63) is 94.2 Å². The smallest absolute Gasteiger partial charge is 0.326 e. The molecule has 6 nitrogen and oxygen atoms in total. The number of hydrogen-bond acceptors (Lipinski definition) is 4. The van der Waals surface area contributed by atoms with Gasteiger partial charge >= 0.3 is 6.03 Å². The van der Waals surface area contributed by atoms with E-state index in [1.165, 1.54) is 11.3 Å². The van der Waals surface area contributed by atoms with Gasteiger partial charge in [0.25, 0.3) is 5.91 Å². The van der Waals surface area contributed by atoms with Gasteiger partial charge in [-0.3, -0.25) is 14.5 Å². The Morgan fingerprint density at radius 2 is 1.60 bits per heavy atom. The number of nitrogens with zero attached hydrogens (tertiary/aromatic N) is 1. The molecular formula is C23H21N3O3S. The van der Waals surface area contributed by atoms with Crippen LogP contribution >= 0.6 is 11.3 Å². The second kappa shape index (κ2) is 8.12. The number of amides is 4. The first kappa shape index (κ1) is 19.8. The van der Waals surface area contributed by atoms with Crippen molar-refractivity contribution in [1.82, 2.24) is 15.5 Å². The number of rotatable bonds is 6. The van der Waals surface area contributed by atoms with Gasteiger partial charge in [0.05, 0.1) is 6.04 Å². The number of carbonyl (C=O) groups is 3. The molecule has 0 unspecified atom stereocenters. The van der Waals surface area contributed by atoms with Gasteiger partial charge in [0.15, 0.2) is 5.54 Å². The zero-order chi connectivity index (χ0) is 21.1. The Balaban J connectivity index is 1.62. The summed E-state index contributed by atoms with van der Waals surface area (Å²) in [6, 6.07) is 21.2. The molecule has 1 saturated heterocycles. The van der Waals surface area contributed by atoms with E-state index in [2.05, 4.69) is 10.6 Å². The van der Waals surface area contributed by atoms with Gasteiger partial charge in [-0.25, -0.2) is 4.79 Å². The molecule has 2 N–H and O–H groups in total. The van der Waals surface area contributed by atoms with E-state index in [0.29, 0.717) is 11.1 Å². The zero-order valence-corrected chi connectivity index (χ0v) is 17.2. The molecule has 0 spiro atoms. The van der Waals surface area contributed by atoms with E-state index in [9.17, 15) is 14.4 Å². The highest BCUT2D eigenvalue weighted by atomic mass is 32.1. The van der Waals surface area contributed by atoms with Crippen LogP contribution in [0.5, 0.6) is 0 Å². The van der Waals surface area contributed by atoms with E-state index >= 15 is 0 Å². The van der Waals surface area contributed by atoms with Crippen LogP contribution in [0, 0.1) is 0 Å². The minimum Gasteiger partial charge on any atom is -0.347 e. The molecular weight excluding hydrogens is 398 g/mol. The molecule has 0 bridgehead atoms. The Morgan fingerprint density at radius 1 is 1.00 bits per heavy atom. The maximum Gasteiger partial charge on any atom is 0.326 e. The fraction of sp³-hybridized carbons (Fsp3) is 0.174. The van der Waals surface area contributed by atoms with Crippen LogP contribution in [0.2, 0.25) is 0 Å². The number of urea groups is 1. The minimum absolute atomic E-state index is 0.203. The van der Waals surface area contributed by atoms with E-state index in [4.69, 9.17) is 0 Å². The largest absolute Gasteiger partial charge is 0.347 e. The predicted octanol–water partition coefficient (Wildman–Crippen LogP) is 3.42. The first-order chi connectivity index (χ1) is 14.5. The van der Waals surface area contributed by atoms with Gasteiger partial charge < -0.3 is 10.6 Å². The van der Waals surface area contributed by atoms with Crippen molar-refractivity contribution >= 4 is 29.2 Å². The van der Waals surface area contributed by atoms with Gasteiger partial charge in [-0.05, 0) is 29.5 Å². The van der Waals surface area contributed by atoms with Crippen molar-refractivity contribution in [2.24, 2.45) is 0 Å². The summed E-state index contributed by atoms with van der Waals surface area (Å²) in [5, 5.41) is 7.63. The molecule has 1 aromatic heterocycles. The van der Waals surface area contributed by atoms with Crippen molar-refractivity contribution in [1.29, 1.82) is 0 Å². The summed E-state index contributed by atoms with van der Waals surface area (Å²) in [6.45, 7) is 1.52. The van der Waals surface area contributed by atoms with Gasteiger partial charge in [0.1, 0.15) is 6.54 Å². The third-order valence-corrected chi connectivity index (χ3v) is 6.22. The summed E-state index contributed by atoms with van der Waals surface area (Å²) in [5.74, 6) is -0.861. The lowest BCUT2D eigenvalue weighted by atomic mass is 9.82. The summed E-state index contributed by atoms with van der Waals surface area (Å²) >= 11 is 1.54. The highest BCUT2D eigenvalue weighted by Crippen LogP contribution is 2.35. The number of imide groups is 1. The molecule has 1 aliphatic heterocycles. The van der Waals surface area contributed by atoms with Crippen LogP contribution in [0.25, 0.3) is 0 Å². The van der Waals surface area contributed by atoms with E-state index in [0.717, 1.165) is 9.78 Å². The number of carbonyl (C=O) groups excluding carboxylic acids is 3. The molecule has 3 aromatic rings. The fourth-order valence-electron chi connectivity index (χ4n) is 3.69. The minimum atomic E-state index is -1.36. The van der Waals surface area contributed by atoms with Gasteiger partial charge in [-0.1, -0.05) is 66.7 Å². The third-order valence-electron chi connectivity index (χ3n) is 5.17. The number of thiophene rings is 1. The molecule has 1 fully saturated rings. The quantitative estimate of drug-likeness (QED) is 0.601. The van der Waals surface area contributed by atoms with Crippen LogP contribution < -0.4 is 10.6 Å². The Hall–Kier alpha value is -3.45. The Bertz CT molecular complexity index is 1010. The molecule has 0 saturated carbocycles. The summed E-state index contributed by atoms with van der Waals surface area (Å²) in [7, 11) is 0. The van der Waals surface area contributed by atoms with Crippen molar-refractivity contribution in [3.63, 3.8) is 0 Å². The molecule has 0 aliphatic carbocycles.